The monoisotopic (exact) mass is 984 g/mol. The number of Topliss-reactive ketones (excluding diaryl/α,β-unsaturated/α-hetero) is 1. The molecule has 4 amide bonds. The Morgan fingerprint density at radius 1 is 1.01 bits per heavy atom. The van der Waals surface area contributed by atoms with Crippen LogP contribution < -0.4 is 27.2 Å². The van der Waals surface area contributed by atoms with Crippen LogP contribution in [0, 0.1) is 28.6 Å². The first-order chi connectivity index (χ1) is 33.5. The molecule has 1 saturated heterocycles. The molecule has 8 rings (SSSR count). The largest absolute Gasteiger partial charge is 0.481 e. The minimum absolute atomic E-state index is 0.0199. The summed E-state index contributed by atoms with van der Waals surface area (Å²) in [5, 5.41) is 43.4. The number of rotatable bonds is 18. The molecule has 21 heteroatoms. The molecule has 1 aliphatic heterocycles. The smallest absolute Gasteiger partial charge is 0.413 e. The van der Waals surface area contributed by atoms with Gasteiger partial charge in [0.15, 0.2) is 28.6 Å². The van der Waals surface area contributed by atoms with Gasteiger partial charge in [0.2, 0.25) is 17.7 Å². The number of carbonyl (C=O) groups excluding carboxylic acids is 6. The Hall–Kier alpha value is -6.20. The number of aliphatic carboxylic acids is 1. The van der Waals surface area contributed by atoms with Gasteiger partial charge in [0.05, 0.1) is 24.4 Å². The number of anilines is 2. The molecule has 10 atom stereocenters. The Balaban J connectivity index is 0.822. The van der Waals surface area contributed by atoms with Gasteiger partial charge in [-0.25, -0.2) is 15.7 Å². The molecule has 0 bridgehead atoms. The zero-order chi connectivity index (χ0) is 50.0. The van der Waals surface area contributed by atoms with Crippen molar-refractivity contribution in [3.05, 3.63) is 100 Å². The van der Waals surface area contributed by atoms with Crippen LogP contribution in [0.3, 0.4) is 0 Å². The van der Waals surface area contributed by atoms with Crippen LogP contribution >= 0.6 is 11.3 Å². The van der Waals surface area contributed by atoms with E-state index in [2.05, 4.69) is 38.0 Å². The second kappa shape index (κ2) is 20.6. The number of carboxylic acids is 1. The molecule has 0 radical (unpaired) electrons. The number of thiazole rings is 1. The molecule has 4 fully saturated rings. The highest BCUT2D eigenvalue weighted by Gasteiger charge is 2.76. The summed E-state index contributed by atoms with van der Waals surface area (Å²) in [7, 11) is 0. The molecule has 372 valence electrons. The van der Waals surface area contributed by atoms with Crippen molar-refractivity contribution in [1.82, 2.24) is 15.6 Å². The molecule has 3 saturated carbocycles. The molecular formula is C49H56N6O14S. The standard InChI is InChI=1S/C49H56N6O14S/c1-47-16-15-32(57)18-29(47)9-12-33-34-19-38-49(37(59)22-56,48(34,2)20-36(58)42(33)47)69-44(68-38)28-7-3-26(4-8-28)17-31-25-70-45(53-31)55-46(65)66-23-27-5-10-30(11-6-27)52-43(64)35(13-14-41(62)63)54-39(60)21-51-40(61)24-67-50/h3-8,10-11,15-16,18,25,33-36,38,42,44,56,58H,9,12-14,17,19-24,50H2,1-2H3,(H,51,61)(H,52,64)(H,54,60)(H,62,63)(H,53,55,65)/t33-,34-,35-,36-,38+,42+,44+,47-,48-,49+/m0/s1. The van der Waals surface area contributed by atoms with Gasteiger partial charge in [-0.05, 0) is 79.4 Å². The normalized spacial score (nSPS) is 28.8. The predicted molar refractivity (Wildman–Crippen MR) is 249 cm³/mol. The van der Waals surface area contributed by atoms with E-state index < -0.39 is 103 Å². The van der Waals surface area contributed by atoms with Gasteiger partial charge in [0, 0.05) is 46.2 Å². The molecule has 5 aliphatic rings. The maximum atomic E-state index is 13.9. The van der Waals surface area contributed by atoms with Crippen molar-refractivity contribution in [2.24, 2.45) is 34.5 Å². The van der Waals surface area contributed by atoms with E-state index in [1.165, 1.54) is 11.3 Å². The number of nitrogens with one attached hydrogen (secondary N) is 4. The van der Waals surface area contributed by atoms with E-state index in [0.717, 1.165) is 24.0 Å². The number of ether oxygens (including phenoxy) is 3. The zero-order valence-electron chi connectivity index (χ0n) is 38.5. The number of hydrogen-bond donors (Lipinski definition) is 8. The van der Waals surface area contributed by atoms with E-state index in [9.17, 15) is 43.8 Å². The van der Waals surface area contributed by atoms with Crippen molar-refractivity contribution in [3.8, 4) is 0 Å². The molecule has 3 aromatic rings. The first-order valence-electron chi connectivity index (χ1n) is 23.0. The topological polar surface area (TPSA) is 304 Å². The number of ketones is 2. The van der Waals surface area contributed by atoms with E-state index >= 15 is 0 Å². The number of hydrogen-bond acceptors (Lipinski definition) is 16. The van der Waals surface area contributed by atoms with Crippen LogP contribution in [-0.2, 0) is 60.8 Å². The second-order valence-corrected chi connectivity index (χ2v) is 19.8. The Labute approximate surface area is 406 Å². The maximum absolute atomic E-state index is 13.9. The van der Waals surface area contributed by atoms with Crippen molar-refractivity contribution < 1.29 is 67.9 Å². The lowest BCUT2D eigenvalue weighted by Crippen LogP contribution is -2.63. The number of amides is 4. The molecular weight excluding hydrogens is 929 g/mol. The van der Waals surface area contributed by atoms with Crippen LogP contribution in [0.5, 0.6) is 0 Å². The number of aromatic nitrogens is 1. The lowest BCUT2D eigenvalue weighted by molar-refractivity contribution is -0.201. The third-order valence-corrected chi connectivity index (χ3v) is 15.5. The lowest BCUT2D eigenvalue weighted by Gasteiger charge is -2.59. The van der Waals surface area contributed by atoms with Crippen LogP contribution in [0.1, 0.15) is 81.0 Å². The Morgan fingerprint density at radius 3 is 2.47 bits per heavy atom. The first-order valence-corrected chi connectivity index (χ1v) is 23.9. The summed E-state index contributed by atoms with van der Waals surface area (Å²) in [5.41, 5.74) is 1.50. The van der Waals surface area contributed by atoms with Crippen LogP contribution in [0.15, 0.2) is 77.7 Å². The lowest BCUT2D eigenvalue weighted by atomic mass is 9.46. The number of fused-ring (bicyclic) bond motifs is 7. The van der Waals surface area contributed by atoms with Gasteiger partial charge in [-0.1, -0.05) is 61.9 Å². The molecule has 0 unspecified atom stereocenters. The number of benzene rings is 2. The number of allylic oxidation sites excluding steroid dienone is 4. The second-order valence-electron chi connectivity index (χ2n) is 18.9. The molecule has 70 heavy (non-hydrogen) atoms. The number of carbonyl (C=O) groups is 7. The number of aliphatic hydroxyl groups excluding tert-OH is 2. The van der Waals surface area contributed by atoms with Crippen molar-refractivity contribution in [2.75, 3.05) is 30.4 Å². The minimum atomic E-state index is -1.46. The van der Waals surface area contributed by atoms with E-state index in [1.54, 1.807) is 36.4 Å². The molecule has 9 N–H and O–H groups in total. The summed E-state index contributed by atoms with van der Waals surface area (Å²) in [6.45, 7) is 2.29. The number of nitrogens with two attached hydrogens (primary N) is 1. The van der Waals surface area contributed by atoms with Gasteiger partial charge >= 0.3 is 12.1 Å². The number of carboxylic acid groups (broad SMARTS) is 1. The number of aliphatic hydroxyl groups is 2. The third kappa shape index (κ3) is 10.0. The van der Waals surface area contributed by atoms with Crippen LogP contribution in [0.4, 0.5) is 15.6 Å². The van der Waals surface area contributed by atoms with Crippen LogP contribution in [0.25, 0.3) is 0 Å². The minimum Gasteiger partial charge on any atom is -0.481 e. The summed E-state index contributed by atoms with van der Waals surface area (Å²) in [4.78, 5) is 95.6. The average molecular weight is 985 g/mol. The Morgan fingerprint density at radius 2 is 1.76 bits per heavy atom. The van der Waals surface area contributed by atoms with E-state index in [-0.39, 0.29) is 43.0 Å². The molecule has 20 nitrogen and oxygen atoms in total. The van der Waals surface area contributed by atoms with Gasteiger partial charge in [0.25, 0.3) is 0 Å². The van der Waals surface area contributed by atoms with Crippen molar-refractivity contribution in [2.45, 2.75) is 95.5 Å². The van der Waals surface area contributed by atoms with Gasteiger partial charge in [0.1, 0.15) is 25.9 Å². The molecule has 1 aromatic heterocycles. The summed E-state index contributed by atoms with van der Waals surface area (Å²) < 4.78 is 18.7. The van der Waals surface area contributed by atoms with E-state index in [4.69, 9.17) is 25.2 Å². The summed E-state index contributed by atoms with van der Waals surface area (Å²) >= 11 is 1.22. The summed E-state index contributed by atoms with van der Waals surface area (Å²) in [6, 6.07) is 12.6. The fourth-order valence-electron chi connectivity index (χ4n) is 11.6. The molecule has 2 heterocycles. The highest BCUT2D eigenvalue weighted by Crippen LogP contribution is 2.70. The van der Waals surface area contributed by atoms with Crippen molar-refractivity contribution >= 4 is 63.5 Å². The molecule has 4 aliphatic carbocycles. The Kier molecular flexibility index (Phi) is 14.8. The SMILES string of the molecule is C[C@]12C=CC(=O)C=C1CC[C@@H]1[C@@H]2[C@@H](O)C[C@@]2(C)[C@H]1C[C@H]1O[C@@H](c3ccc(Cc4csc(NC(=O)OCc5ccc(NC(=O)[C@H](CCC(=O)O)NC(=O)CNC(=O)CON)cc5)n4)cc3)O[C@]12C(=O)CO. The number of nitrogens with zero attached hydrogens (tertiary/aromatic N) is 1. The predicted octanol–water partition coefficient (Wildman–Crippen LogP) is 3.38. The van der Waals surface area contributed by atoms with E-state index in [1.807, 2.05) is 42.6 Å². The molecule has 2 aromatic carbocycles. The van der Waals surface area contributed by atoms with Crippen LogP contribution in [-0.4, -0.2) is 105 Å². The highest BCUT2D eigenvalue weighted by atomic mass is 32.1. The maximum Gasteiger partial charge on any atom is 0.413 e. The van der Waals surface area contributed by atoms with E-state index in [0.29, 0.717) is 40.5 Å². The third-order valence-electron chi connectivity index (χ3n) is 14.7. The summed E-state index contributed by atoms with van der Waals surface area (Å²) in [6.07, 6.45) is 4.35. The Bertz CT molecular complexity index is 2590. The highest BCUT2D eigenvalue weighted by molar-refractivity contribution is 7.13. The van der Waals surface area contributed by atoms with Gasteiger partial charge in [-0.15, -0.1) is 11.3 Å². The summed E-state index contributed by atoms with van der Waals surface area (Å²) in [5.74, 6) is 0.976. The van der Waals surface area contributed by atoms with Gasteiger partial charge in [-0.2, -0.15) is 0 Å². The molecule has 0 spiro atoms. The quantitative estimate of drug-likeness (QED) is 0.0848. The average Bonchev–Trinajstić information content (AvgIpc) is 4.01. The van der Waals surface area contributed by atoms with Gasteiger partial charge in [-0.3, -0.25) is 38.9 Å². The first kappa shape index (κ1) is 50.2. The van der Waals surface area contributed by atoms with Crippen molar-refractivity contribution in [3.63, 3.8) is 0 Å². The van der Waals surface area contributed by atoms with Crippen molar-refractivity contribution in [1.29, 1.82) is 0 Å². The fraction of sp³-hybridized carbons (Fsp3) is 0.469. The van der Waals surface area contributed by atoms with Gasteiger partial charge < -0.3 is 45.5 Å². The van der Waals surface area contributed by atoms with Crippen LogP contribution in [0.2, 0.25) is 0 Å². The zero-order valence-corrected chi connectivity index (χ0v) is 39.3. The fourth-order valence-corrected chi connectivity index (χ4v) is 12.3.